The topological polar surface area (TPSA) is 79.9 Å². The van der Waals surface area contributed by atoms with E-state index in [9.17, 15) is 9.18 Å². The Morgan fingerprint density at radius 1 is 1.00 bits per heavy atom. The lowest BCUT2D eigenvalue weighted by atomic mass is 10.1. The van der Waals surface area contributed by atoms with Gasteiger partial charge >= 0.3 is 0 Å². The van der Waals surface area contributed by atoms with E-state index in [1.165, 1.54) is 12.1 Å². The van der Waals surface area contributed by atoms with Gasteiger partial charge in [-0.25, -0.2) is 9.37 Å². The van der Waals surface area contributed by atoms with E-state index >= 15 is 0 Å². The predicted molar refractivity (Wildman–Crippen MR) is 118 cm³/mol. The van der Waals surface area contributed by atoms with Crippen LogP contribution in [0.1, 0.15) is 21.7 Å². The Morgan fingerprint density at radius 3 is 2.42 bits per heavy atom. The molecule has 4 rings (SSSR count). The molecule has 8 heteroatoms. The van der Waals surface area contributed by atoms with Crippen LogP contribution in [0.3, 0.4) is 0 Å². The number of benzene rings is 3. The summed E-state index contributed by atoms with van der Waals surface area (Å²) in [6.07, 6.45) is 0. The molecule has 0 saturated heterocycles. The van der Waals surface area contributed by atoms with Crippen molar-refractivity contribution in [3.8, 4) is 17.1 Å². The summed E-state index contributed by atoms with van der Waals surface area (Å²) in [5.41, 5.74) is 2.18. The molecule has 0 fully saturated rings. The Labute approximate surface area is 186 Å². The quantitative estimate of drug-likeness (QED) is 0.394. The molecule has 0 spiro atoms. The van der Waals surface area contributed by atoms with Gasteiger partial charge in [-0.3, -0.25) is 9.89 Å². The van der Waals surface area contributed by atoms with Crippen LogP contribution < -0.4 is 10.1 Å². The average molecular weight is 481 g/mol. The molecule has 0 bridgehead atoms. The fraction of sp³-hybridized carbons (Fsp3) is 0.0870. The van der Waals surface area contributed by atoms with Gasteiger partial charge in [-0.2, -0.15) is 5.10 Å². The first-order chi connectivity index (χ1) is 15.1. The number of aromatic nitrogens is 3. The van der Waals surface area contributed by atoms with Gasteiger partial charge < -0.3 is 10.1 Å². The van der Waals surface area contributed by atoms with Crippen molar-refractivity contribution in [3.05, 3.63) is 100 Å². The Kier molecular flexibility index (Phi) is 6.37. The van der Waals surface area contributed by atoms with Crippen molar-refractivity contribution in [2.24, 2.45) is 0 Å². The van der Waals surface area contributed by atoms with Crippen LogP contribution in [-0.4, -0.2) is 21.1 Å². The van der Waals surface area contributed by atoms with E-state index in [1.807, 2.05) is 36.4 Å². The number of H-pyrrole nitrogens is 1. The zero-order chi connectivity index (χ0) is 21.6. The maximum absolute atomic E-state index is 13.0. The van der Waals surface area contributed by atoms with Crippen LogP contribution in [0.15, 0.2) is 77.3 Å². The van der Waals surface area contributed by atoms with Gasteiger partial charge in [0.25, 0.3) is 5.91 Å². The molecule has 0 aliphatic carbocycles. The van der Waals surface area contributed by atoms with Gasteiger partial charge in [-0.05, 0) is 66.2 Å². The molecular formula is C23H18BrFN4O2. The summed E-state index contributed by atoms with van der Waals surface area (Å²) >= 11 is 3.39. The number of rotatable bonds is 7. The van der Waals surface area contributed by atoms with Gasteiger partial charge in [0.15, 0.2) is 5.82 Å². The van der Waals surface area contributed by atoms with Gasteiger partial charge in [-0.15, -0.1) is 0 Å². The SMILES string of the molecule is O=C(NCc1nc(-c2ccc(F)cc2)n[nH]1)c1ccc(COc2ccc(Br)cc2)cc1. The molecule has 0 aliphatic heterocycles. The van der Waals surface area contributed by atoms with Crippen molar-refractivity contribution in [2.45, 2.75) is 13.2 Å². The first kappa shape index (κ1) is 20.7. The molecule has 0 aliphatic rings. The smallest absolute Gasteiger partial charge is 0.251 e. The van der Waals surface area contributed by atoms with Crippen LogP contribution in [-0.2, 0) is 13.2 Å². The molecule has 0 unspecified atom stereocenters. The van der Waals surface area contributed by atoms with E-state index in [-0.39, 0.29) is 18.3 Å². The molecule has 4 aromatic rings. The lowest BCUT2D eigenvalue weighted by Gasteiger charge is -2.07. The highest BCUT2D eigenvalue weighted by Crippen LogP contribution is 2.18. The monoisotopic (exact) mass is 480 g/mol. The molecule has 31 heavy (non-hydrogen) atoms. The van der Waals surface area contributed by atoms with Gasteiger partial charge in [-0.1, -0.05) is 28.1 Å². The number of amides is 1. The van der Waals surface area contributed by atoms with Crippen LogP contribution in [0, 0.1) is 5.82 Å². The number of nitrogens with zero attached hydrogens (tertiary/aromatic N) is 2. The third-order valence-corrected chi connectivity index (χ3v) is 5.01. The van der Waals surface area contributed by atoms with E-state index in [1.54, 1.807) is 24.3 Å². The minimum absolute atomic E-state index is 0.196. The van der Waals surface area contributed by atoms with E-state index in [0.717, 1.165) is 15.8 Å². The van der Waals surface area contributed by atoms with Crippen molar-refractivity contribution in [1.29, 1.82) is 0 Å². The molecule has 1 heterocycles. The molecule has 6 nitrogen and oxygen atoms in total. The summed E-state index contributed by atoms with van der Waals surface area (Å²) in [6.45, 7) is 0.606. The summed E-state index contributed by atoms with van der Waals surface area (Å²) < 4.78 is 19.8. The maximum Gasteiger partial charge on any atom is 0.251 e. The Hall–Kier alpha value is -3.52. The van der Waals surface area contributed by atoms with Crippen molar-refractivity contribution >= 4 is 21.8 Å². The molecule has 0 radical (unpaired) electrons. The third-order valence-electron chi connectivity index (χ3n) is 4.49. The van der Waals surface area contributed by atoms with Gasteiger partial charge in [0.2, 0.25) is 0 Å². The first-order valence-electron chi connectivity index (χ1n) is 9.49. The largest absolute Gasteiger partial charge is 0.489 e. The van der Waals surface area contributed by atoms with E-state index in [4.69, 9.17) is 4.74 Å². The molecule has 2 N–H and O–H groups in total. The molecule has 0 saturated carbocycles. The van der Waals surface area contributed by atoms with Crippen molar-refractivity contribution in [1.82, 2.24) is 20.5 Å². The summed E-state index contributed by atoms with van der Waals surface area (Å²) in [7, 11) is 0. The number of hydrogen-bond acceptors (Lipinski definition) is 4. The zero-order valence-electron chi connectivity index (χ0n) is 16.3. The molecule has 0 atom stereocenters. The molecule has 1 aromatic heterocycles. The van der Waals surface area contributed by atoms with Crippen LogP contribution in [0.4, 0.5) is 4.39 Å². The first-order valence-corrected chi connectivity index (χ1v) is 10.3. The highest BCUT2D eigenvalue weighted by atomic mass is 79.9. The molecular weight excluding hydrogens is 463 g/mol. The van der Waals surface area contributed by atoms with Crippen molar-refractivity contribution < 1.29 is 13.9 Å². The zero-order valence-corrected chi connectivity index (χ0v) is 17.9. The summed E-state index contributed by atoms with van der Waals surface area (Å²) in [5.74, 6) is 1.18. The van der Waals surface area contributed by atoms with Gasteiger partial charge in [0.1, 0.15) is 24.0 Å². The number of halogens is 2. The Bertz CT molecular complexity index is 1160. The lowest BCUT2D eigenvalue weighted by Crippen LogP contribution is -2.23. The lowest BCUT2D eigenvalue weighted by molar-refractivity contribution is 0.0950. The highest BCUT2D eigenvalue weighted by Gasteiger charge is 2.09. The second-order valence-corrected chi connectivity index (χ2v) is 7.65. The van der Waals surface area contributed by atoms with E-state index < -0.39 is 0 Å². The fourth-order valence-electron chi connectivity index (χ4n) is 2.82. The summed E-state index contributed by atoms with van der Waals surface area (Å²) in [5, 5.41) is 9.69. The fourth-order valence-corrected chi connectivity index (χ4v) is 3.08. The molecule has 3 aromatic carbocycles. The van der Waals surface area contributed by atoms with E-state index in [2.05, 4.69) is 36.4 Å². The standard InChI is InChI=1S/C23H18BrFN4O2/c24-18-7-11-20(12-8-18)31-14-15-1-3-17(4-2-15)23(30)26-13-21-27-22(29-28-21)16-5-9-19(25)10-6-16/h1-12H,13-14H2,(H,26,30)(H,27,28,29). The second-order valence-electron chi connectivity index (χ2n) is 6.73. The number of aromatic amines is 1. The van der Waals surface area contributed by atoms with Crippen molar-refractivity contribution in [2.75, 3.05) is 0 Å². The highest BCUT2D eigenvalue weighted by molar-refractivity contribution is 9.10. The van der Waals surface area contributed by atoms with E-state index in [0.29, 0.717) is 29.4 Å². The number of ether oxygens (including phenoxy) is 1. The summed E-state index contributed by atoms with van der Waals surface area (Å²) in [4.78, 5) is 16.7. The predicted octanol–water partition coefficient (Wildman–Crippen LogP) is 4.88. The number of carbonyl (C=O) groups is 1. The Balaban J connectivity index is 1.29. The minimum Gasteiger partial charge on any atom is -0.489 e. The van der Waals surface area contributed by atoms with Gasteiger partial charge in [0.05, 0.1) is 6.54 Å². The number of nitrogens with one attached hydrogen (secondary N) is 2. The molecule has 1 amide bonds. The Morgan fingerprint density at radius 2 is 1.71 bits per heavy atom. The minimum atomic E-state index is -0.322. The number of carbonyl (C=O) groups excluding carboxylic acids is 1. The average Bonchev–Trinajstić information content (AvgIpc) is 3.27. The van der Waals surface area contributed by atoms with Gasteiger partial charge in [0, 0.05) is 15.6 Å². The maximum atomic E-state index is 13.0. The number of hydrogen-bond donors (Lipinski definition) is 2. The van der Waals surface area contributed by atoms with Crippen molar-refractivity contribution in [3.63, 3.8) is 0 Å². The van der Waals surface area contributed by atoms with Crippen LogP contribution in [0.5, 0.6) is 5.75 Å². The third kappa shape index (κ3) is 5.55. The van der Waals surface area contributed by atoms with Crippen LogP contribution in [0.25, 0.3) is 11.4 Å². The molecule has 156 valence electrons. The summed E-state index contributed by atoms with van der Waals surface area (Å²) in [6, 6.07) is 20.7. The van der Waals surface area contributed by atoms with Crippen LogP contribution >= 0.6 is 15.9 Å². The second kappa shape index (κ2) is 9.53. The van der Waals surface area contributed by atoms with Crippen LogP contribution in [0.2, 0.25) is 0 Å². The normalized spacial score (nSPS) is 10.6.